The molecule has 2 aromatic carbocycles. The average Bonchev–Trinajstić information content (AvgIpc) is 3.03. The van der Waals surface area contributed by atoms with E-state index in [0.717, 1.165) is 16.9 Å². The molecule has 0 spiro atoms. The first kappa shape index (κ1) is 16.8. The number of H-pyrrole nitrogens is 1. The maximum Gasteiger partial charge on any atom is 0.257 e. The highest BCUT2D eigenvalue weighted by molar-refractivity contribution is 5.77. The van der Waals surface area contributed by atoms with Crippen molar-refractivity contribution in [3.8, 4) is 11.5 Å². The summed E-state index contributed by atoms with van der Waals surface area (Å²) < 4.78 is 23.5. The number of rotatable bonds is 7. The fraction of sp³-hybridized carbons (Fsp3) is 0.222. The highest BCUT2D eigenvalue weighted by Gasteiger charge is 2.09. The van der Waals surface area contributed by atoms with E-state index in [-0.39, 0.29) is 18.3 Å². The van der Waals surface area contributed by atoms with Crippen LogP contribution in [0.5, 0.6) is 11.5 Å². The quantitative estimate of drug-likeness (QED) is 0.691. The Hall–Kier alpha value is -3.09. The van der Waals surface area contributed by atoms with E-state index in [4.69, 9.17) is 9.47 Å². The van der Waals surface area contributed by atoms with E-state index in [0.29, 0.717) is 18.7 Å². The van der Waals surface area contributed by atoms with E-state index >= 15 is 0 Å². The fourth-order valence-electron chi connectivity index (χ4n) is 2.40. The lowest BCUT2D eigenvalue weighted by Crippen LogP contribution is -2.30. The van der Waals surface area contributed by atoms with Crippen LogP contribution in [0.25, 0.3) is 11.0 Å². The minimum atomic E-state index is -0.431. The first-order valence-electron chi connectivity index (χ1n) is 7.82. The number of fused-ring (bicyclic) bond motifs is 1. The molecule has 0 atom stereocenters. The van der Waals surface area contributed by atoms with Crippen molar-refractivity contribution in [3.05, 3.63) is 54.1 Å². The Balaban J connectivity index is 1.46. The van der Waals surface area contributed by atoms with E-state index in [2.05, 4.69) is 15.3 Å². The van der Waals surface area contributed by atoms with Gasteiger partial charge in [-0.15, -0.1) is 0 Å². The van der Waals surface area contributed by atoms with Crippen molar-refractivity contribution in [2.45, 2.75) is 6.42 Å². The Kier molecular flexibility index (Phi) is 5.13. The molecule has 1 aromatic heterocycles. The van der Waals surface area contributed by atoms with Crippen LogP contribution in [0.15, 0.2) is 42.5 Å². The summed E-state index contributed by atoms with van der Waals surface area (Å²) in [7, 11) is 1.41. The molecular weight excluding hydrogens is 325 g/mol. The van der Waals surface area contributed by atoms with Crippen molar-refractivity contribution >= 4 is 16.9 Å². The van der Waals surface area contributed by atoms with Gasteiger partial charge in [-0.05, 0) is 24.3 Å². The van der Waals surface area contributed by atoms with E-state index in [1.807, 2.05) is 24.3 Å². The standard InChI is InChI=1S/C18H18FN3O3/c1-24-16-10-12(19)6-7-15(16)25-11-18(23)20-9-8-17-21-13-4-2-3-5-14(13)22-17/h2-7,10H,8-9,11H2,1H3,(H,20,23)(H,21,22). The van der Waals surface area contributed by atoms with Gasteiger partial charge in [0.2, 0.25) is 0 Å². The van der Waals surface area contributed by atoms with Crippen molar-refractivity contribution < 1.29 is 18.7 Å². The Morgan fingerprint density at radius 2 is 2.08 bits per heavy atom. The number of aromatic amines is 1. The molecule has 0 saturated heterocycles. The Morgan fingerprint density at radius 1 is 1.24 bits per heavy atom. The second kappa shape index (κ2) is 7.65. The molecule has 25 heavy (non-hydrogen) atoms. The van der Waals surface area contributed by atoms with Crippen molar-refractivity contribution in [1.29, 1.82) is 0 Å². The first-order chi connectivity index (χ1) is 12.2. The summed E-state index contributed by atoms with van der Waals surface area (Å²) in [5.74, 6) is 0.663. The number of para-hydroxylation sites is 2. The van der Waals surface area contributed by atoms with Gasteiger partial charge in [-0.1, -0.05) is 12.1 Å². The van der Waals surface area contributed by atoms with Crippen LogP contribution in [-0.2, 0) is 11.2 Å². The van der Waals surface area contributed by atoms with E-state index in [1.54, 1.807) is 0 Å². The monoisotopic (exact) mass is 343 g/mol. The third-order valence-electron chi connectivity index (χ3n) is 3.61. The van der Waals surface area contributed by atoms with Crippen molar-refractivity contribution in [2.75, 3.05) is 20.3 Å². The van der Waals surface area contributed by atoms with Crippen LogP contribution in [0.1, 0.15) is 5.82 Å². The molecule has 0 radical (unpaired) electrons. The summed E-state index contributed by atoms with van der Waals surface area (Å²) in [5.41, 5.74) is 1.87. The molecule has 0 aliphatic heterocycles. The molecule has 0 unspecified atom stereocenters. The molecule has 3 aromatic rings. The second-order valence-corrected chi connectivity index (χ2v) is 5.38. The number of nitrogens with zero attached hydrogens (tertiary/aromatic N) is 1. The van der Waals surface area contributed by atoms with Crippen molar-refractivity contribution in [3.63, 3.8) is 0 Å². The summed E-state index contributed by atoms with van der Waals surface area (Å²) in [6.07, 6.45) is 0.584. The first-order valence-corrected chi connectivity index (χ1v) is 7.82. The topological polar surface area (TPSA) is 76.2 Å². The number of ether oxygens (including phenoxy) is 2. The van der Waals surface area contributed by atoms with Crippen LogP contribution in [0, 0.1) is 5.82 Å². The maximum absolute atomic E-state index is 13.1. The largest absolute Gasteiger partial charge is 0.493 e. The highest BCUT2D eigenvalue weighted by atomic mass is 19.1. The second-order valence-electron chi connectivity index (χ2n) is 5.38. The molecule has 6 nitrogen and oxygen atoms in total. The van der Waals surface area contributed by atoms with Crippen LogP contribution < -0.4 is 14.8 Å². The number of carbonyl (C=O) groups is 1. The summed E-state index contributed by atoms with van der Waals surface area (Å²) >= 11 is 0. The SMILES string of the molecule is COc1cc(F)ccc1OCC(=O)NCCc1nc2ccccc2[nH]1. The number of imidazole rings is 1. The molecule has 0 fully saturated rings. The zero-order chi connectivity index (χ0) is 17.6. The number of hydrogen-bond donors (Lipinski definition) is 2. The number of aromatic nitrogens is 2. The Labute approximate surface area is 144 Å². The van der Waals surface area contributed by atoms with Gasteiger partial charge in [0.25, 0.3) is 5.91 Å². The summed E-state index contributed by atoms with van der Waals surface area (Å²) in [6.45, 7) is 0.255. The molecule has 1 amide bonds. The van der Waals surface area contributed by atoms with Crippen LogP contribution in [0.3, 0.4) is 0 Å². The van der Waals surface area contributed by atoms with Crippen LogP contribution in [0.4, 0.5) is 4.39 Å². The zero-order valence-corrected chi connectivity index (χ0v) is 13.7. The fourth-order valence-corrected chi connectivity index (χ4v) is 2.40. The number of nitrogens with one attached hydrogen (secondary N) is 2. The number of carbonyl (C=O) groups excluding carboxylic acids is 1. The molecule has 0 aliphatic rings. The normalized spacial score (nSPS) is 10.6. The highest BCUT2D eigenvalue weighted by Crippen LogP contribution is 2.27. The smallest absolute Gasteiger partial charge is 0.257 e. The molecule has 130 valence electrons. The molecule has 1 heterocycles. The van der Waals surface area contributed by atoms with Crippen LogP contribution in [-0.4, -0.2) is 36.1 Å². The molecule has 0 saturated carbocycles. The van der Waals surface area contributed by atoms with Gasteiger partial charge in [-0.25, -0.2) is 9.37 Å². The van der Waals surface area contributed by atoms with E-state index in [1.165, 1.54) is 25.3 Å². The van der Waals surface area contributed by atoms with Gasteiger partial charge in [0.05, 0.1) is 18.1 Å². The third-order valence-corrected chi connectivity index (χ3v) is 3.61. The number of hydrogen-bond acceptors (Lipinski definition) is 4. The minimum Gasteiger partial charge on any atom is -0.493 e. The lowest BCUT2D eigenvalue weighted by Gasteiger charge is -2.10. The zero-order valence-electron chi connectivity index (χ0n) is 13.7. The van der Waals surface area contributed by atoms with Gasteiger partial charge >= 0.3 is 0 Å². The third kappa shape index (κ3) is 4.26. The van der Waals surface area contributed by atoms with Crippen molar-refractivity contribution in [1.82, 2.24) is 15.3 Å². The summed E-state index contributed by atoms with van der Waals surface area (Å²) in [5, 5.41) is 2.76. The molecule has 7 heteroatoms. The summed E-state index contributed by atoms with van der Waals surface area (Å²) in [4.78, 5) is 19.5. The van der Waals surface area contributed by atoms with E-state index < -0.39 is 5.82 Å². The molecule has 0 aliphatic carbocycles. The molecule has 0 bridgehead atoms. The van der Waals surface area contributed by atoms with Gasteiger partial charge in [0.15, 0.2) is 18.1 Å². The van der Waals surface area contributed by atoms with E-state index in [9.17, 15) is 9.18 Å². The number of amides is 1. The molecule has 3 rings (SSSR count). The average molecular weight is 343 g/mol. The Morgan fingerprint density at radius 3 is 2.88 bits per heavy atom. The number of methoxy groups -OCH3 is 1. The molecule has 2 N–H and O–H groups in total. The van der Waals surface area contributed by atoms with Gasteiger partial charge in [-0.2, -0.15) is 0 Å². The lowest BCUT2D eigenvalue weighted by atomic mass is 10.3. The lowest BCUT2D eigenvalue weighted by molar-refractivity contribution is -0.123. The van der Waals surface area contributed by atoms with Gasteiger partial charge in [-0.3, -0.25) is 4.79 Å². The Bertz CT molecular complexity index is 846. The van der Waals surface area contributed by atoms with Crippen molar-refractivity contribution in [2.24, 2.45) is 0 Å². The summed E-state index contributed by atoms with van der Waals surface area (Å²) in [6, 6.07) is 11.6. The predicted octanol–water partition coefficient (Wildman–Crippen LogP) is 2.45. The maximum atomic E-state index is 13.1. The van der Waals surface area contributed by atoms with Gasteiger partial charge in [0.1, 0.15) is 11.6 Å². The van der Waals surface area contributed by atoms with Crippen LogP contribution in [0.2, 0.25) is 0 Å². The number of halogens is 1. The van der Waals surface area contributed by atoms with Gasteiger partial charge < -0.3 is 19.8 Å². The predicted molar refractivity (Wildman–Crippen MR) is 91.3 cm³/mol. The van der Waals surface area contributed by atoms with Crippen LogP contribution >= 0.6 is 0 Å². The minimum absolute atomic E-state index is 0.178. The van der Waals surface area contributed by atoms with Gasteiger partial charge in [0, 0.05) is 19.0 Å². The molecular formula is C18H18FN3O3. The number of benzene rings is 2.